The Bertz CT molecular complexity index is 79.7. The van der Waals surface area contributed by atoms with Crippen molar-refractivity contribution in [1.29, 1.82) is 0 Å². The van der Waals surface area contributed by atoms with Crippen LogP contribution in [0.25, 0.3) is 0 Å². The Labute approximate surface area is 48.3 Å². The van der Waals surface area contributed by atoms with Gasteiger partial charge in [-0.15, -0.1) is 0 Å². The molecule has 0 unspecified atom stereocenters. The molecule has 0 heterocycles. The lowest BCUT2D eigenvalue weighted by atomic mass is 10.4. The van der Waals surface area contributed by atoms with Gasteiger partial charge in [-0.25, -0.2) is 0 Å². The number of ether oxygens (including phenoxy) is 1. The third kappa shape index (κ3) is 3.61. The molecule has 0 aromatic carbocycles. The summed E-state index contributed by atoms with van der Waals surface area (Å²) in [5.74, 6) is -0.355. The number of carbonyl (C=O) groups is 1. The van der Waals surface area contributed by atoms with Crippen LogP contribution in [0.5, 0.6) is 0 Å². The summed E-state index contributed by atoms with van der Waals surface area (Å²) in [6, 6.07) is 0. The molecule has 0 fully saturated rings. The van der Waals surface area contributed by atoms with Crippen molar-refractivity contribution in [3.63, 3.8) is 0 Å². The highest BCUT2D eigenvalue weighted by molar-refractivity contribution is 5.66. The van der Waals surface area contributed by atoms with Crippen LogP contribution in [0.4, 0.5) is 0 Å². The molecule has 0 aliphatic rings. The van der Waals surface area contributed by atoms with Crippen LogP contribution in [0.15, 0.2) is 0 Å². The summed E-state index contributed by atoms with van der Waals surface area (Å²) in [5.41, 5.74) is 0. The van der Waals surface area contributed by atoms with E-state index in [-0.39, 0.29) is 18.7 Å². The Kier molecular flexibility index (Phi) is 3.19. The monoisotopic (exact) mass is 118 g/mol. The molecule has 0 saturated carbocycles. The Balaban J connectivity index is 3.24. The maximum Gasteiger partial charge on any atom is 0.302 e. The molecule has 0 amide bonds. The number of carbonyl (C=O) groups excluding carboxylic acids is 1. The lowest BCUT2D eigenvalue weighted by molar-refractivity contribution is -0.147. The number of hydrogen-bond donors (Lipinski definition) is 1. The molecule has 3 heteroatoms. The SMILES string of the molecule is CC(=O)O[C@H](C)CO. The molecule has 0 aromatic heterocycles. The van der Waals surface area contributed by atoms with E-state index in [0.717, 1.165) is 0 Å². The lowest BCUT2D eigenvalue weighted by Crippen LogP contribution is -2.15. The lowest BCUT2D eigenvalue weighted by Gasteiger charge is -2.05. The molecule has 0 radical (unpaired) electrons. The zero-order chi connectivity index (χ0) is 6.57. The zero-order valence-corrected chi connectivity index (χ0v) is 5.05. The molecule has 1 atom stereocenters. The second kappa shape index (κ2) is 3.43. The average molecular weight is 118 g/mol. The molecule has 0 aliphatic heterocycles. The number of aliphatic hydroxyl groups excluding tert-OH is 1. The predicted octanol–water partition coefficient (Wildman–Crippen LogP) is -0.0697. The van der Waals surface area contributed by atoms with Crippen molar-refractivity contribution in [1.82, 2.24) is 0 Å². The Morgan fingerprint density at radius 2 is 2.38 bits per heavy atom. The first-order valence-corrected chi connectivity index (χ1v) is 2.45. The van der Waals surface area contributed by atoms with Gasteiger partial charge in [-0.2, -0.15) is 0 Å². The van der Waals surface area contributed by atoms with Gasteiger partial charge in [0, 0.05) is 6.92 Å². The van der Waals surface area contributed by atoms with Crippen LogP contribution < -0.4 is 0 Å². The Hall–Kier alpha value is -0.570. The van der Waals surface area contributed by atoms with E-state index in [2.05, 4.69) is 4.74 Å². The maximum atomic E-state index is 10.1. The van der Waals surface area contributed by atoms with Crippen molar-refractivity contribution >= 4 is 5.97 Å². The molecule has 0 spiro atoms. The predicted molar refractivity (Wildman–Crippen MR) is 28.3 cm³/mol. The van der Waals surface area contributed by atoms with Gasteiger partial charge in [0.15, 0.2) is 0 Å². The second-order valence-electron chi connectivity index (χ2n) is 1.60. The summed E-state index contributed by atoms with van der Waals surface area (Å²) >= 11 is 0. The minimum Gasteiger partial charge on any atom is -0.460 e. The maximum absolute atomic E-state index is 10.1. The number of aliphatic hydroxyl groups is 1. The Morgan fingerprint density at radius 1 is 1.88 bits per heavy atom. The standard InChI is InChI=1S/C5H10O3/c1-4(3-6)8-5(2)7/h4,6H,3H2,1-2H3/t4-/m1/s1. The fraction of sp³-hybridized carbons (Fsp3) is 0.800. The van der Waals surface area contributed by atoms with E-state index in [9.17, 15) is 4.79 Å². The van der Waals surface area contributed by atoms with Gasteiger partial charge in [-0.1, -0.05) is 0 Å². The van der Waals surface area contributed by atoms with E-state index in [0.29, 0.717) is 0 Å². The van der Waals surface area contributed by atoms with Gasteiger partial charge in [-0.3, -0.25) is 4.79 Å². The largest absolute Gasteiger partial charge is 0.460 e. The van der Waals surface area contributed by atoms with Crippen LogP contribution in [-0.2, 0) is 9.53 Å². The highest BCUT2D eigenvalue weighted by atomic mass is 16.5. The third-order valence-electron chi connectivity index (χ3n) is 0.624. The van der Waals surface area contributed by atoms with Crippen molar-refractivity contribution in [2.45, 2.75) is 20.0 Å². The molecule has 1 N–H and O–H groups in total. The van der Waals surface area contributed by atoms with Crippen LogP contribution in [0.3, 0.4) is 0 Å². The number of rotatable bonds is 2. The van der Waals surface area contributed by atoms with Gasteiger partial charge in [-0.05, 0) is 6.92 Å². The molecule has 0 rings (SSSR count). The summed E-state index contributed by atoms with van der Waals surface area (Å²) in [5, 5.41) is 8.31. The topological polar surface area (TPSA) is 46.5 Å². The van der Waals surface area contributed by atoms with Gasteiger partial charge in [0.25, 0.3) is 0 Å². The van der Waals surface area contributed by atoms with Crippen molar-refractivity contribution in [3.05, 3.63) is 0 Å². The van der Waals surface area contributed by atoms with Gasteiger partial charge in [0.1, 0.15) is 6.10 Å². The quantitative estimate of drug-likeness (QED) is 0.516. The van der Waals surface area contributed by atoms with Crippen molar-refractivity contribution in [2.24, 2.45) is 0 Å². The van der Waals surface area contributed by atoms with E-state index >= 15 is 0 Å². The van der Waals surface area contributed by atoms with Crippen LogP contribution in [0.1, 0.15) is 13.8 Å². The molecule has 0 bridgehead atoms. The van der Waals surface area contributed by atoms with E-state index in [1.54, 1.807) is 6.92 Å². The highest BCUT2D eigenvalue weighted by Gasteiger charge is 2.00. The van der Waals surface area contributed by atoms with Crippen LogP contribution in [0, 0.1) is 0 Å². The molecule has 0 aromatic rings. The van der Waals surface area contributed by atoms with Crippen molar-refractivity contribution in [3.8, 4) is 0 Å². The van der Waals surface area contributed by atoms with E-state index in [1.165, 1.54) is 6.92 Å². The van der Waals surface area contributed by atoms with Crippen molar-refractivity contribution in [2.75, 3.05) is 6.61 Å². The number of esters is 1. The summed E-state index contributed by atoms with van der Waals surface area (Å²) in [7, 11) is 0. The van der Waals surface area contributed by atoms with Gasteiger partial charge in [0.2, 0.25) is 0 Å². The summed E-state index contributed by atoms with van der Waals surface area (Å²) in [6.07, 6.45) is -0.368. The van der Waals surface area contributed by atoms with Gasteiger partial charge < -0.3 is 9.84 Å². The number of hydrogen-bond acceptors (Lipinski definition) is 3. The first kappa shape index (κ1) is 7.43. The second-order valence-corrected chi connectivity index (χ2v) is 1.60. The minimum atomic E-state index is -0.368. The summed E-state index contributed by atoms with van der Waals surface area (Å²) in [6.45, 7) is 2.83. The molecular weight excluding hydrogens is 108 g/mol. The highest BCUT2D eigenvalue weighted by Crippen LogP contribution is 1.86. The van der Waals surface area contributed by atoms with E-state index < -0.39 is 0 Å². The third-order valence-corrected chi connectivity index (χ3v) is 0.624. The molecule has 0 saturated heterocycles. The molecule has 48 valence electrons. The van der Waals surface area contributed by atoms with E-state index in [4.69, 9.17) is 5.11 Å². The fourth-order valence-corrected chi connectivity index (χ4v) is 0.321. The van der Waals surface area contributed by atoms with Crippen LogP contribution in [0.2, 0.25) is 0 Å². The fourth-order valence-electron chi connectivity index (χ4n) is 0.321. The normalized spacial score (nSPS) is 12.9. The van der Waals surface area contributed by atoms with Gasteiger partial charge in [0.05, 0.1) is 6.61 Å². The first-order valence-electron chi connectivity index (χ1n) is 2.45. The van der Waals surface area contributed by atoms with Crippen LogP contribution >= 0.6 is 0 Å². The van der Waals surface area contributed by atoms with E-state index in [1.807, 2.05) is 0 Å². The zero-order valence-electron chi connectivity index (χ0n) is 5.05. The molecule has 8 heavy (non-hydrogen) atoms. The summed E-state index contributed by atoms with van der Waals surface area (Å²) in [4.78, 5) is 10.1. The average Bonchev–Trinajstić information content (AvgIpc) is 1.65. The van der Waals surface area contributed by atoms with Gasteiger partial charge >= 0.3 is 5.97 Å². The first-order chi connectivity index (χ1) is 3.66. The van der Waals surface area contributed by atoms with Crippen molar-refractivity contribution < 1.29 is 14.6 Å². The molecule has 3 nitrogen and oxygen atoms in total. The summed E-state index contributed by atoms with van der Waals surface area (Å²) < 4.78 is 4.51. The van der Waals surface area contributed by atoms with Crippen LogP contribution in [-0.4, -0.2) is 23.8 Å². The molecule has 0 aliphatic carbocycles. The minimum absolute atomic E-state index is 0.112. The molecular formula is C5H10O3. The Morgan fingerprint density at radius 3 is 2.50 bits per heavy atom. The smallest absolute Gasteiger partial charge is 0.302 e.